The minimum atomic E-state index is -0.807. The first kappa shape index (κ1) is 19.7. The van der Waals surface area contributed by atoms with Crippen molar-refractivity contribution < 1.29 is 23.9 Å². The standard InChI is InChI=1S/C15H20ClN3O5/c1-6-23-13(21)9-7-11(16)17-8-10(9)12(20)19(5)18-14(22)24-15(2,3)4/h7-8H,6H2,1-5H3,(H,18,22). The van der Waals surface area contributed by atoms with Gasteiger partial charge in [0.15, 0.2) is 0 Å². The highest BCUT2D eigenvalue weighted by Gasteiger charge is 2.24. The number of amides is 2. The number of carbonyl (C=O) groups is 3. The number of hydrogen-bond acceptors (Lipinski definition) is 6. The van der Waals surface area contributed by atoms with E-state index in [1.165, 1.54) is 13.1 Å². The van der Waals surface area contributed by atoms with E-state index in [0.717, 1.165) is 11.2 Å². The summed E-state index contributed by atoms with van der Waals surface area (Å²) in [7, 11) is 1.32. The van der Waals surface area contributed by atoms with Crippen LogP contribution in [-0.2, 0) is 9.47 Å². The molecule has 0 spiro atoms. The number of pyridine rings is 1. The van der Waals surface area contributed by atoms with Crippen LogP contribution in [0.3, 0.4) is 0 Å². The molecule has 0 aliphatic heterocycles. The van der Waals surface area contributed by atoms with Crippen LogP contribution in [-0.4, -0.2) is 47.2 Å². The highest BCUT2D eigenvalue weighted by Crippen LogP contribution is 2.16. The van der Waals surface area contributed by atoms with Crippen molar-refractivity contribution in [2.24, 2.45) is 0 Å². The number of halogens is 1. The number of hydrazine groups is 1. The third-order valence-electron chi connectivity index (χ3n) is 2.56. The van der Waals surface area contributed by atoms with Gasteiger partial charge in [-0.15, -0.1) is 0 Å². The lowest BCUT2D eigenvalue weighted by Gasteiger charge is -2.23. The van der Waals surface area contributed by atoms with Crippen molar-refractivity contribution in [1.82, 2.24) is 15.4 Å². The van der Waals surface area contributed by atoms with Gasteiger partial charge in [0, 0.05) is 13.2 Å². The minimum absolute atomic E-state index is 0.0392. The molecule has 8 nitrogen and oxygen atoms in total. The fourth-order valence-electron chi connectivity index (χ4n) is 1.65. The zero-order valence-electron chi connectivity index (χ0n) is 14.2. The molecule has 1 N–H and O–H groups in total. The van der Waals surface area contributed by atoms with Crippen molar-refractivity contribution in [3.05, 3.63) is 28.5 Å². The van der Waals surface area contributed by atoms with E-state index < -0.39 is 23.6 Å². The summed E-state index contributed by atoms with van der Waals surface area (Å²) in [4.78, 5) is 39.9. The van der Waals surface area contributed by atoms with Gasteiger partial charge in [-0.05, 0) is 33.8 Å². The van der Waals surface area contributed by atoms with E-state index >= 15 is 0 Å². The van der Waals surface area contributed by atoms with Gasteiger partial charge in [0.05, 0.1) is 17.7 Å². The molecule has 0 aromatic carbocycles. The molecule has 0 radical (unpaired) electrons. The van der Waals surface area contributed by atoms with Crippen LogP contribution in [0.5, 0.6) is 0 Å². The molecule has 0 aliphatic carbocycles. The molecule has 2 amide bonds. The normalized spacial score (nSPS) is 10.8. The minimum Gasteiger partial charge on any atom is -0.462 e. The first-order valence-electron chi connectivity index (χ1n) is 7.15. The van der Waals surface area contributed by atoms with Crippen molar-refractivity contribution in [3.63, 3.8) is 0 Å². The first-order chi connectivity index (χ1) is 11.0. The molecule has 0 bridgehead atoms. The van der Waals surface area contributed by atoms with E-state index in [2.05, 4.69) is 10.4 Å². The molecule has 132 valence electrons. The van der Waals surface area contributed by atoms with Crippen molar-refractivity contribution in [2.45, 2.75) is 33.3 Å². The zero-order chi connectivity index (χ0) is 18.5. The quantitative estimate of drug-likeness (QED) is 0.507. The average molecular weight is 358 g/mol. The Morgan fingerprint density at radius 2 is 1.92 bits per heavy atom. The monoisotopic (exact) mass is 357 g/mol. The summed E-state index contributed by atoms with van der Waals surface area (Å²) in [6.07, 6.45) is 0.336. The Labute approximate surface area is 145 Å². The Balaban J connectivity index is 2.98. The number of carbonyl (C=O) groups excluding carboxylic acids is 3. The second kappa shape index (κ2) is 7.96. The molecule has 24 heavy (non-hydrogen) atoms. The van der Waals surface area contributed by atoms with E-state index in [4.69, 9.17) is 21.1 Å². The van der Waals surface area contributed by atoms with Crippen LogP contribution in [0.1, 0.15) is 48.4 Å². The molecule has 0 aliphatic rings. The van der Waals surface area contributed by atoms with Crippen LogP contribution < -0.4 is 5.43 Å². The Bertz CT molecular complexity index is 642. The highest BCUT2D eigenvalue weighted by molar-refractivity contribution is 6.30. The predicted octanol–water partition coefficient (Wildman–Crippen LogP) is 2.42. The number of nitrogens with zero attached hydrogens (tertiary/aromatic N) is 2. The number of rotatable bonds is 3. The second-order valence-electron chi connectivity index (χ2n) is 5.75. The Morgan fingerprint density at radius 1 is 1.29 bits per heavy atom. The lowest BCUT2D eigenvalue weighted by atomic mass is 10.1. The summed E-state index contributed by atoms with van der Waals surface area (Å²) in [6.45, 7) is 6.85. The van der Waals surface area contributed by atoms with Gasteiger partial charge in [-0.2, -0.15) is 0 Å². The van der Waals surface area contributed by atoms with Gasteiger partial charge in [0.1, 0.15) is 10.8 Å². The number of ether oxygens (including phenoxy) is 2. The first-order valence-corrected chi connectivity index (χ1v) is 7.53. The molecule has 0 saturated heterocycles. The SMILES string of the molecule is CCOC(=O)c1cc(Cl)ncc1C(=O)N(C)NC(=O)OC(C)(C)C. The topological polar surface area (TPSA) is 97.8 Å². The van der Waals surface area contributed by atoms with E-state index in [0.29, 0.717) is 0 Å². The van der Waals surface area contributed by atoms with E-state index in [-0.39, 0.29) is 22.9 Å². The maximum atomic E-state index is 12.5. The lowest BCUT2D eigenvalue weighted by Crippen LogP contribution is -2.46. The fourth-order valence-corrected chi connectivity index (χ4v) is 1.81. The lowest BCUT2D eigenvalue weighted by molar-refractivity contribution is 0.0333. The summed E-state index contributed by atoms with van der Waals surface area (Å²) in [5.74, 6) is -1.39. The summed E-state index contributed by atoms with van der Waals surface area (Å²) in [5.41, 5.74) is 1.44. The highest BCUT2D eigenvalue weighted by atomic mass is 35.5. The molecule has 0 unspecified atom stereocenters. The molecule has 1 heterocycles. The summed E-state index contributed by atoms with van der Waals surface area (Å²) >= 11 is 5.77. The second-order valence-corrected chi connectivity index (χ2v) is 6.14. The summed E-state index contributed by atoms with van der Waals surface area (Å²) in [5, 5.41) is 0.930. The molecular formula is C15H20ClN3O5. The number of aromatic nitrogens is 1. The van der Waals surface area contributed by atoms with Crippen LogP contribution in [0.4, 0.5) is 4.79 Å². The molecule has 1 aromatic heterocycles. The largest absolute Gasteiger partial charge is 0.462 e. The summed E-state index contributed by atoms with van der Waals surface area (Å²) in [6, 6.07) is 1.23. The molecule has 0 atom stereocenters. The number of nitrogens with one attached hydrogen (secondary N) is 1. The molecule has 1 aromatic rings. The smallest absolute Gasteiger partial charge is 0.426 e. The molecule has 0 fully saturated rings. The maximum absolute atomic E-state index is 12.5. The van der Waals surface area contributed by atoms with Gasteiger partial charge in [-0.1, -0.05) is 11.6 Å². The van der Waals surface area contributed by atoms with Crippen molar-refractivity contribution in [2.75, 3.05) is 13.7 Å². The number of esters is 1. The van der Waals surface area contributed by atoms with Crippen molar-refractivity contribution in [1.29, 1.82) is 0 Å². The van der Waals surface area contributed by atoms with Crippen molar-refractivity contribution >= 4 is 29.6 Å². The fraction of sp³-hybridized carbons (Fsp3) is 0.467. The van der Waals surface area contributed by atoms with Crippen LogP contribution in [0.25, 0.3) is 0 Å². The van der Waals surface area contributed by atoms with Crippen LogP contribution in [0.15, 0.2) is 12.3 Å². The van der Waals surface area contributed by atoms with Crippen molar-refractivity contribution in [3.8, 4) is 0 Å². The number of hydrogen-bond donors (Lipinski definition) is 1. The Morgan fingerprint density at radius 3 is 2.46 bits per heavy atom. The van der Waals surface area contributed by atoms with Gasteiger partial charge < -0.3 is 9.47 Å². The predicted molar refractivity (Wildman–Crippen MR) is 86.7 cm³/mol. The van der Waals surface area contributed by atoms with Gasteiger partial charge in [-0.25, -0.2) is 20.0 Å². The Hall–Kier alpha value is -2.35. The van der Waals surface area contributed by atoms with Crippen LogP contribution in [0.2, 0.25) is 5.15 Å². The van der Waals surface area contributed by atoms with Gasteiger partial charge in [0.25, 0.3) is 5.91 Å². The molecule has 1 rings (SSSR count). The molecular weight excluding hydrogens is 338 g/mol. The van der Waals surface area contributed by atoms with E-state index in [9.17, 15) is 14.4 Å². The average Bonchev–Trinajstić information content (AvgIpc) is 2.44. The van der Waals surface area contributed by atoms with Gasteiger partial charge in [0.2, 0.25) is 0 Å². The third kappa shape index (κ3) is 5.69. The Kier molecular flexibility index (Phi) is 6.53. The molecule has 9 heteroatoms. The van der Waals surface area contributed by atoms with Gasteiger partial charge >= 0.3 is 12.1 Å². The van der Waals surface area contributed by atoms with E-state index in [1.807, 2.05) is 0 Å². The van der Waals surface area contributed by atoms with Gasteiger partial charge in [-0.3, -0.25) is 9.80 Å². The third-order valence-corrected chi connectivity index (χ3v) is 2.77. The van der Waals surface area contributed by atoms with Crippen LogP contribution in [0, 0.1) is 0 Å². The summed E-state index contributed by atoms with van der Waals surface area (Å²) < 4.78 is 9.95. The van der Waals surface area contributed by atoms with E-state index in [1.54, 1.807) is 27.7 Å². The zero-order valence-corrected chi connectivity index (χ0v) is 14.9. The maximum Gasteiger partial charge on any atom is 0.426 e. The van der Waals surface area contributed by atoms with Crippen LogP contribution >= 0.6 is 11.6 Å². The molecule has 0 saturated carbocycles.